The SMILES string of the molecule is CC1CC(NC(=O)c2c(F)cc(Br)cc2F)CCN1. The first-order valence-corrected chi connectivity index (χ1v) is 6.95. The average Bonchev–Trinajstić information content (AvgIpc) is 2.27. The van der Waals surface area contributed by atoms with Gasteiger partial charge in [-0.25, -0.2) is 8.78 Å². The van der Waals surface area contributed by atoms with E-state index >= 15 is 0 Å². The maximum Gasteiger partial charge on any atom is 0.257 e. The number of halogens is 3. The van der Waals surface area contributed by atoms with Gasteiger partial charge in [0.1, 0.15) is 17.2 Å². The summed E-state index contributed by atoms with van der Waals surface area (Å²) in [5, 5.41) is 5.94. The van der Waals surface area contributed by atoms with Crippen LogP contribution in [-0.4, -0.2) is 24.5 Å². The van der Waals surface area contributed by atoms with Crippen molar-refractivity contribution in [3.63, 3.8) is 0 Å². The predicted molar refractivity (Wildman–Crippen MR) is 72.0 cm³/mol. The molecule has 6 heteroatoms. The number of nitrogens with one attached hydrogen (secondary N) is 2. The summed E-state index contributed by atoms with van der Waals surface area (Å²) in [5.41, 5.74) is -0.519. The number of rotatable bonds is 2. The summed E-state index contributed by atoms with van der Waals surface area (Å²) < 4.78 is 27.6. The van der Waals surface area contributed by atoms with Gasteiger partial charge in [0.2, 0.25) is 0 Å². The van der Waals surface area contributed by atoms with Crippen LogP contribution in [0.1, 0.15) is 30.1 Å². The number of carbonyl (C=O) groups excluding carboxylic acids is 1. The van der Waals surface area contributed by atoms with Crippen LogP contribution in [0.5, 0.6) is 0 Å². The molecule has 1 aromatic carbocycles. The van der Waals surface area contributed by atoms with E-state index in [1.807, 2.05) is 6.92 Å². The Labute approximate surface area is 118 Å². The monoisotopic (exact) mass is 332 g/mol. The van der Waals surface area contributed by atoms with Crippen LogP contribution < -0.4 is 10.6 Å². The minimum Gasteiger partial charge on any atom is -0.349 e. The molecular weight excluding hydrogens is 318 g/mol. The second-order valence-corrected chi connectivity index (χ2v) is 5.71. The lowest BCUT2D eigenvalue weighted by atomic mass is 10.00. The predicted octanol–water partition coefficient (Wildman–Crippen LogP) is 2.60. The van der Waals surface area contributed by atoms with Crippen LogP contribution in [0, 0.1) is 11.6 Å². The topological polar surface area (TPSA) is 41.1 Å². The largest absolute Gasteiger partial charge is 0.349 e. The van der Waals surface area contributed by atoms with Gasteiger partial charge < -0.3 is 10.6 Å². The number of piperidine rings is 1. The van der Waals surface area contributed by atoms with Crippen LogP contribution in [0.15, 0.2) is 16.6 Å². The van der Waals surface area contributed by atoms with E-state index in [2.05, 4.69) is 26.6 Å². The van der Waals surface area contributed by atoms with Gasteiger partial charge in [-0.05, 0) is 38.4 Å². The van der Waals surface area contributed by atoms with E-state index in [-0.39, 0.29) is 10.5 Å². The molecule has 19 heavy (non-hydrogen) atoms. The standard InChI is InChI=1S/C13H15BrF2N2O/c1-7-4-9(2-3-17-7)18-13(19)12-10(15)5-8(14)6-11(12)16/h5-7,9,17H,2-4H2,1H3,(H,18,19). The molecule has 1 amide bonds. The van der Waals surface area contributed by atoms with Crippen molar-refractivity contribution >= 4 is 21.8 Å². The van der Waals surface area contributed by atoms with Crippen LogP contribution in [0.2, 0.25) is 0 Å². The Hall–Kier alpha value is -1.01. The zero-order chi connectivity index (χ0) is 14.0. The fourth-order valence-electron chi connectivity index (χ4n) is 2.28. The zero-order valence-corrected chi connectivity index (χ0v) is 12.1. The third-order valence-electron chi connectivity index (χ3n) is 3.19. The van der Waals surface area contributed by atoms with E-state index in [0.29, 0.717) is 6.04 Å². The third kappa shape index (κ3) is 3.51. The molecule has 2 rings (SSSR count). The fourth-order valence-corrected chi connectivity index (χ4v) is 2.68. The molecule has 1 heterocycles. The van der Waals surface area contributed by atoms with Crippen LogP contribution in [0.4, 0.5) is 8.78 Å². The highest BCUT2D eigenvalue weighted by molar-refractivity contribution is 9.10. The molecule has 1 aromatic rings. The highest BCUT2D eigenvalue weighted by Gasteiger charge is 2.24. The molecule has 2 N–H and O–H groups in total. The Morgan fingerprint density at radius 2 is 2.05 bits per heavy atom. The van der Waals surface area contributed by atoms with Crippen molar-refractivity contribution in [1.82, 2.24) is 10.6 Å². The molecule has 3 nitrogen and oxygen atoms in total. The Morgan fingerprint density at radius 3 is 2.63 bits per heavy atom. The normalized spacial score (nSPS) is 23.2. The first-order chi connectivity index (χ1) is 8.97. The van der Waals surface area contributed by atoms with Gasteiger partial charge in [0.05, 0.1) is 0 Å². The van der Waals surface area contributed by atoms with E-state index in [4.69, 9.17) is 0 Å². The van der Waals surface area contributed by atoms with Gasteiger partial charge in [0, 0.05) is 16.6 Å². The Balaban J connectivity index is 2.12. The number of amides is 1. The number of hydrogen-bond acceptors (Lipinski definition) is 2. The molecule has 0 bridgehead atoms. The molecule has 0 aromatic heterocycles. The first-order valence-electron chi connectivity index (χ1n) is 6.16. The number of carbonyl (C=O) groups is 1. The van der Waals surface area contributed by atoms with Crippen molar-refractivity contribution in [3.8, 4) is 0 Å². The van der Waals surface area contributed by atoms with E-state index in [1.54, 1.807) is 0 Å². The fraction of sp³-hybridized carbons (Fsp3) is 0.462. The van der Waals surface area contributed by atoms with Crippen LogP contribution >= 0.6 is 15.9 Å². The second-order valence-electron chi connectivity index (χ2n) is 4.79. The minimum absolute atomic E-state index is 0.0498. The summed E-state index contributed by atoms with van der Waals surface area (Å²) >= 11 is 2.98. The van der Waals surface area contributed by atoms with E-state index < -0.39 is 23.1 Å². The van der Waals surface area contributed by atoms with Gasteiger partial charge in [-0.15, -0.1) is 0 Å². The highest BCUT2D eigenvalue weighted by Crippen LogP contribution is 2.20. The van der Waals surface area contributed by atoms with Crippen molar-refractivity contribution in [2.24, 2.45) is 0 Å². The van der Waals surface area contributed by atoms with Gasteiger partial charge in [0.15, 0.2) is 0 Å². The number of hydrogen-bond donors (Lipinski definition) is 2. The zero-order valence-electron chi connectivity index (χ0n) is 10.5. The minimum atomic E-state index is -0.855. The first kappa shape index (κ1) is 14.4. The number of benzene rings is 1. The Morgan fingerprint density at radius 1 is 1.42 bits per heavy atom. The van der Waals surface area contributed by atoms with E-state index in [0.717, 1.165) is 31.5 Å². The molecule has 2 unspecified atom stereocenters. The van der Waals surface area contributed by atoms with Crippen LogP contribution in [0.25, 0.3) is 0 Å². The van der Waals surface area contributed by atoms with Gasteiger partial charge in [-0.3, -0.25) is 4.79 Å². The average molecular weight is 333 g/mol. The highest BCUT2D eigenvalue weighted by atomic mass is 79.9. The molecule has 1 aliphatic rings. The lowest BCUT2D eigenvalue weighted by Crippen LogP contribution is -2.46. The molecule has 0 spiro atoms. The molecular formula is C13H15BrF2N2O. The molecule has 0 radical (unpaired) electrons. The van der Waals surface area contributed by atoms with Crippen molar-refractivity contribution < 1.29 is 13.6 Å². The summed E-state index contributed by atoms with van der Waals surface area (Å²) in [7, 11) is 0. The van der Waals surface area contributed by atoms with E-state index in [1.165, 1.54) is 0 Å². The molecule has 1 aliphatic heterocycles. The van der Waals surface area contributed by atoms with Crippen molar-refractivity contribution in [3.05, 3.63) is 33.8 Å². The van der Waals surface area contributed by atoms with Crippen molar-refractivity contribution in [1.29, 1.82) is 0 Å². The van der Waals surface area contributed by atoms with Crippen LogP contribution in [-0.2, 0) is 0 Å². The van der Waals surface area contributed by atoms with Crippen LogP contribution in [0.3, 0.4) is 0 Å². The summed E-state index contributed by atoms with van der Waals surface area (Å²) in [6.07, 6.45) is 1.52. The molecule has 1 fully saturated rings. The molecule has 1 saturated heterocycles. The molecule has 104 valence electrons. The second kappa shape index (κ2) is 5.96. The Bertz CT molecular complexity index is 473. The molecule has 0 aliphatic carbocycles. The summed E-state index contributed by atoms with van der Waals surface area (Å²) in [5.74, 6) is -2.40. The quantitative estimate of drug-likeness (QED) is 0.874. The smallest absolute Gasteiger partial charge is 0.257 e. The summed E-state index contributed by atoms with van der Waals surface area (Å²) in [6.45, 7) is 2.80. The van der Waals surface area contributed by atoms with Gasteiger partial charge in [0.25, 0.3) is 5.91 Å². The summed E-state index contributed by atoms with van der Waals surface area (Å²) in [6, 6.07) is 2.41. The summed E-state index contributed by atoms with van der Waals surface area (Å²) in [4.78, 5) is 11.9. The maximum absolute atomic E-state index is 13.6. The van der Waals surface area contributed by atoms with Crippen molar-refractivity contribution in [2.45, 2.75) is 31.8 Å². The van der Waals surface area contributed by atoms with Crippen molar-refractivity contribution in [2.75, 3.05) is 6.54 Å². The molecule has 2 atom stereocenters. The van der Waals surface area contributed by atoms with Gasteiger partial charge in [-0.1, -0.05) is 15.9 Å². The maximum atomic E-state index is 13.6. The Kier molecular flexibility index (Phi) is 4.52. The van der Waals surface area contributed by atoms with E-state index in [9.17, 15) is 13.6 Å². The lowest BCUT2D eigenvalue weighted by Gasteiger charge is -2.28. The molecule has 0 saturated carbocycles. The third-order valence-corrected chi connectivity index (χ3v) is 3.65. The van der Waals surface area contributed by atoms with Gasteiger partial charge >= 0.3 is 0 Å². The van der Waals surface area contributed by atoms with Gasteiger partial charge in [-0.2, -0.15) is 0 Å². The lowest BCUT2D eigenvalue weighted by molar-refractivity contribution is 0.0917.